The monoisotopic (exact) mass is 432 g/mol. The first-order valence-corrected chi connectivity index (χ1v) is 10.3. The van der Waals surface area contributed by atoms with Crippen LogP contribution in [0.2, 0.25) is 0 Å². The summed E-state index contributed by atoms with van der Waals surface area (Å²) in [4.78, 5) is 14.4. The van der Waals surface area contributed by atoms with Crippen molar-refractivity contribution >= 4 is 11.7 Å². The standard InChI is InChI=1S/C20H28N6O5/c1-25(2)10-14-11-26(24-23-14)9-12-7-15(19(28)18(12)27)22-20(29)21-13-3-4-16-17(8-13)31-6-5-30-16/h3-4,8,11-12,15,18-19,27-28H,5-7,9-10H2,1-2H3,(H2,21,22,29). The zero-order valence-electron chi connectivity index (χ0n) is 17.6. The van der Waals surface area contributed by atoms with Crippen LogP contribution in [-0.2, 0) is 13.1 Å². The SMILES string of the molecule is CN(C)Cc1cn(CC2CC(NC(=O)Nc3ccc4c(c3)OCCO4)C(O)C2O)nn1. The van der Waals surface area contributed by atoms with E-state index in [-0.39, 0.29) is 5.92 Å². The van der Waals surface area contributed by atoms with E-state index in [1.165, 1.54) is 0 Å². The number of amides is 2. The first-order chi connectivity index (χ1) is 14.9. The fraction of sp³-hybridized carbons (Fsp3) is 0.550. The van der Waals surface area contributed by atoms with Crippen LogP contribution < -0.4 is 20.1 Å². The molecule has 1 aromatic heterocycles. The number of ether oxygens (including phenoxy) is 2. The van der Waals surface area contributed by atoms with Crippen LogP contribution in [0.3, 0.4) is 0 Å². The van der Waals surface area contributed by atoms with Crippen LogP contribution in [0.15, 0.2) is 24.4 Å². The van der Waals surface area contributed by atoms with Gasteiger partial charge in [0.05, 0.1) is 17.8 Å². The molecule has 2 amide bonds. The topological polar surface area (TPSA) is 134 Å². The number of aliphatic hydroxyl groups is 2. The van der Waals surface area contributed by atoms with Crippen molar-refractivity contribution < 1.29 is 24.5 Å². The first kappa shape index (κ1) is 21.3. The lowest BCUT2D eigenvalue weighted by molar-refractivity contribution is 0.00878. The van der Waals surface area contributed by atoms with Gasteiger partial charge < -0.3 is 35.2 Å². The highest BCUT2D eigenvalue weighted by atomic mass is 16.6. The number of rotatable bonds is 6. The van der Waals surface area contributed by atoms with Gasteiger partial charge >= 0.3 is 6.03 Å². The average Bonchev–Trinajstić information content (AvgIpc) is 3.27. The lowest BCUT2D eigenvalue weighted by atomic mass is 10.1. The van der Waals surface area contributed by atoms with E-state index in [0.29, 0.717) is 49.9 Å². The second-order valence-electron chi connectivity index (χ2n) is 8.21. The van der Waals surface area contributed by atoms with Gasteiger partial charge in [0, 0.05) is 37.0 Å². The molecule has 0 spiro atoms. The van der Waals surface area contributed by atoms with E-state index in [0.717, 1.165) is 5.69 Å². The zero-order chi connectivity index (χ0) is 22.0. The van der Waals surface area contributed by atoms with Crippen molar-refractivity contribution in [2.75, 3.05) is 32.6 Å². The second-order valence-corrected chi connectivity index (χ2v) is 8.21. The summed E-state index contributed by atoms with van der Waals surface area (Å²) in [5.74, 6) is 0.946. The number of carbonyl (C=O) groups is 1. The van der Waals surface area contributed by atoms with Gasteiger partial charge in [-0.3, -0.25) is 4.68 Å². The summed E-state index contributed by atoms with van der Waals surface area (Å²) in [6.07, 6.45) is 0.204. The van der Waals surface area contributed by atoms with Gasteiger partial charge in [-0.2, -0.15) is 0 Å². The quantitative estimate of drug-likeness (QED) is 0.503. The van der Waals surface area contributed by atoms with Crippen molar-refractivity contribution in [3.63, 3.8) is 0 Å². The maximum atomic E-state index is 12.4. The minimum Gasteiger partial charge on any atom is -0.486 e. The number of aliphatic hydroxyl groups excluding tert-OH is 2. The van der Waals surface area contributed by atoms with Gasteiger partial charge in [-0.1, -0.05) is 5.21 Å². The van der Waals surface area contributed by atoms with Crippen LogP contribution in [0.4, 0.5) is 10.5 Å². The summed E-state index contributed by atoms with van der Waals surface area (Å²) in [5.41, 5.74) is 1.37. The number of anilines is 1. The number of hydrogen-bond acceptors (Lipinski definition) is 8. The Labute approximate surface area is 179 Å². The van der Waals surface area contributed by atoms with Crippen LogP contribution in [0.1, 0.15) is 12.1 Å². The Morgan fingerprint density at radius 2 is 2.00 bits per heavy atom. The molecule has 2 heterocycles. The Balaban J connectivity index is 1.32. The molecule has 168 valence electrons. The summed E-state index contributed by atoms with van der Waals surface area (Å²) < 4.78 is 12.7. The summed E-state index contributed by atoms with van der Waals surface area (Å²) in [6, 6.07) is 4.08. The zero-order valence-corrected chi connectivity index (χ0v) is 17.6. The Bertz CT molecular complexity index is 919. The predicted molar refractivity (Wildman–Crippen MR) is 111 cm³/mol. The van der Waals surface area contributed by atoms with E-state index in [9.17, 15) is 15.0 Å². The lowest BCUT2D eigenvalue weighted by Gasteiger charge is -2.20. The lowest BCUT2D eigenvalue weighted by Crippen LogP contribution is -2.44. The highest BCUT2D eigenvalue weighted by Crippen LogP contribution is 2.33. The van der Waals surface area contributed by atoms with Crippen LogP contribution in [-0.4, -0.2) is 81.7 Å². The van der Waals surface area contributed by atoms with Gasteiger partial charge in [-0.15, -0.1) is 5.10 Å². The molecule has 2 aromatic rings. The summed E-state index contributed by atoms with van der Waals surface area (Å²) in [5, 5.41) is 34.6. The summed E-state index contributed by atoms with van der Waals surface area (Å²) >= 11 is 0. The first-order valence-electron chi connectivity index (χ1n) is 10.3. The molecular weight excluding hydrogens is 404 g/mol. The van der Waals surface area contributed by atoms with E-state index in [4.69, 9.17) is 9.47 Å². The molecule has 4 unspecified atom stereocenters. The van der Waals surface area contributed by atoms with Crippen molar-refractivity contribution in [2.45, 2.75) is 37.8 Å². The molecule has 4 N–H and O–H groups in total. The molecule has 11 heteroatoms. The molecule has 1 aromatic carbocycles. The molecule has 0 radical (unpaired) electrons. The number of benzene rings is 1. The molecule has 4 rings (SSSR count). The Hall–Kier alpha value is -2.89. The molecule has 1 aliphatic carbocycles. The predicted octanol–water partition coefficient (Wildman–Crippen LogP) is 0.0429. The van der Waals surface area contributed by atoms with E-state index >= 15 is 0 Å². The van der Waals surface area contributed by atoms with E-state index in [1.807, 2.05) is 25.2 Å². The number of nitrogens with zero attached hydrogens (tertiary/aromatic N) is 4. The van der Waals surface area contributed by atoms with Crippen molar-refractivity contribution in [2.24, 2.45) is 5.92 Å². The number of aromatic nitrogens is 3. The molecule has 0 saturated heterocycles. The number of carbonyl (C=O) groups excluding carboxylic acids is 1. The molecule has 1 saturated carbocycles. The number of hydrogen-bond donors (Lipinski definition) is 4. The van der Waals surface area contributed by atoms with Crippen LogP contribution in [0.25, 0.3) is 0 Å². The molecule has 31 heavy (non-hydrogen) atoms. The highest BCUT2D eigenvalue weighted by molar-refractivity contribution is 5.90. The van der Waals surface area contributed by atoms with Gasteiger partial charge in [0.1, 0.15) is 19.3 Å². The summed E-state index contributed by atoms with van der Waals surface area (Å²) in [7, 11) is 3.89. The fourth-order valence-electron chi connectivity index (χ4n) is 3.97. The highest BCUT2D eigenvalue weighted by Gasteiger charge is 2.42. The largest absolute Gasteiger partial charge is 0.486 e. The average molecular weight is 432 g/mol. The Morgan fingerprint density at radius 3 is 2.77 bits per heavy atom. The third-order valence-corrected chi connectivity index (χ3v) is 5.40. The van der Waals surface area contributed by atoms with Crippen LogP contribution in [0.5, 0.6) is 11.5 Å². The number of nitrogens with one attached hydrogen (secondary N) is 2. The maximum absolute atomic E-state index is 12.4. The minimum atomic E-state index is -1.07. The Kier molecular flexibility index (Phi) is 6.25. The van der Waals surface area contributed by atoms with Gasteiger partial charge in [-0.05, 0) is 32.6 Å². The van der Waals surface area contributed by atoms with Crippen molar-refractivity contribution in [3.8, 4) is 11.5 Å². The van der Waals surface area contributed by atoms with Crippen molar-refractivity contribution in [1.82, 2.24) is 25.2 Å². The van der Waals surface area contributed by atoms with Gasteiger partial charge in [-0.25, -0.2) is 4.79 Å². The van der Waals surface area contributed by atoms with Crippen LogP contribution in [0, 0.1) is 5.92 Å². The van der Waals surface area contributed by atoms with Crippen molar-refractivity contribution in [1.29, 1.82) is 0 Å². The molecule has 4 atom stereocenters. The summed E-state index contributed by atoms with van der Waals surface area (Å²) in [6.45, 7) is 2.02. The fourth-order valence-corrected chi connectivity index (χ4v) is 3.97. The number of fused-ring (bicyclic) bond motifs is 1. The normalized spacial score (nSPS) is 24.9. The van der Waals surface area contributed by atoms with Gasteiger partial charge in [0.2, 0.25) is 0 Å². The van der Waals surface area contributed by atoms with Gasteiger partial charge in [0.25, 0.3) is 0 Å². The Morgan fingerprint density at radius 1 is 1.23 bits per heavy atom. The second kappa shape index (κ2) is 9.08. The van der Waals surface area contributed by atoms with Crippen LogP contribution >= 0.6 is 0 Å². The molecule has 11 nitrogen and oxygen atoms in total. The van der Waals surface area contributed by atoms with E-state index in [1.54, 1.807) is 22.9 Å². The van der Waals surface area contributed by atoms with E-state index < -0.39 is 24.3 Å². The third-order valence-electron chi connectivity index (χ3n) is 5.40. The maximum Gasteiger partial charge on any atom is 0.319 e. The third kappa shape index (κ3) is 5.06. The molecule has 0 bridgehead atoms. The molecule has 1 fully saturated rings. The molecule has 2 aliphatic rings. The van der Waals surface area contributed by atoms with Gasteiger partial charge in [0.15, 0.2) is 11.5 Å². The molecular formula is C20H28N6O5. The smallest absolute Gasteiger partial charge is 0.319 e. The number of urea groups is 1. The minimum absolute atomic E-state index is 0.261. The molecule has 1 aliphatic heterocycles. The van der Waals surface area contributed by atoms with Crippen molar-refractivity contribution in [3.05, 3.63) is 30.1 Å². The van der Waals surface area contributed by atoms with E-state index in [2.05, 4.69) is 20.9 Å².